The molecule has 27 heavy (non-hydrogen) atoms. The number of carbonyl (C=O) groups excluding carboxylic acids is 1. The van der Waals surface area contributed by atoms with Gasteiger partial charge >= 0.3 is 6.09 Å². The van der Waals surface area contributed by atoms with Gasteiger partial charge in [-0.3, -0.25) is 9.80 Å². The molecule has 1 aromatic rings. The van der Waals surface area contributed by atoms with E-state index in [0.717, 1.165) is 26.3 Å². The fourth-order valence-electron chi connectivity index (χ4n) is 3.82. The van der Waals surface area contributed by atoms with Gasteiger partial charge in [-0.15, -0.1) is 0 Å². The second-order valence-corrected chi connectivity index (χ2v) is 7.15. The molecule has 3 aliphatic rings. The van der Waals surface area contributed by atoms with Crippen molar-refractivity contribution in [3.05, 3.63) is 23.8 Å². The molecule has 148 valence electrons. The molecule has 3 fully saturated rings. The van der Waals surface area contributed by atoms with Crippen LogP contribution in [0.3, 0.4) is 0 Å². The summed E-state index contributed by atoms with van der Waals surface area (Å²) in [6.07, 6.45) is -0.921. The van der Waals surface area contributed by atoms with Crippen LogP contribution in [-0.4, -0.2) is 82.7 Å². The van der Waals surface area contributed by atoms with Crippen LogP contribution in [0.2, 0.25) is 0 Å². The zero-order chi connectivity index (χ0) is 19.0. The minimum Gasteiger partial charge on any atom is -0.443 e. The van der Waals surface area contributed by atoms with Crippen molar-refractivity contribution in [3.63, 3.8) is 0 Å². The van der Waals surface area contributed by atoms with Crippen LogP contribution in [0, 0.1) is 11.6 Å². The summed E-state index contributed by atoms with van der Waals surface area (Å²) in [5, 5.41) is 2.93. The lowest BCUT2D eigenvalue weighted by molar-refractivity contribution is -0.0661. The number of rotatable bonds is 5. The van der Waals surface area contributed by atoms with Crippen LogP contribution in [0.15, 0.2) is 12.1 Å². The fraction of sp³-hybridized carbons (Fsp3) is 0.611. The zero-order valence-electron chi connectivity index (χ0n) is 15.3. The first kappa shape index (κ1) is 18.4. The molecule has 3 aliphatic heterocycles. The quantitative estimate of drug-likeness (QED) is 0.821. The highest BCUT2D eigenvalue weighted by atomic mass is 19.1. The summed E-state index contributed by atoms with van der Waals surface area (Å²) >= 11 is 0. The average molecular weight is 382 g/mol. The molecular weight excluding hydrogens is 358 g/mol. The normalized spacial score (nSPS) is 24.3. The maximum absolute atomic E-state index is 14.7. The molecule has 0 aromatic heterocycles. The molecular formula is C18H24F2N4O3. The number of carbonyl (C=O) groups is 1. The Labute approximate surface area is 156 Å². The van der Waals surface area contributed by atoms with Crippen LogP contribution < -0.4 is 15.1 Å². The van der Waals surface area contributed by atoms with E-state index in [1.54, 1.807) is 11.9 Å². The van der Waals surface area contributed by atoms with Gasteiger partial charge in [0.25, 0.3) is 0 Å². The second-order valence-electron chi connectivity index (χ2n) is 7.15. The number of piperazine rings is 1. The number of ether oxygens (including phenoxy) is 2. The molecule has 1 atom stereocenters. The van der Waals surface area contributed by atoms with Crippen molar-refractivity contribution >= 4 is 17.5 Å². The van der Waals surface area contributed by atoms with Crippen molar-refractivity contribution in [2.45, 2.75) is 12.1 Å². The van der Waals surface area contributed by atoms with Crippen molar-refractivity contribution in [1.82, 2.24) is 10.2 Å². The first-order valence-corrected chi connectivity index (χ1v) is 9.25. The molecule has 0 aliphatic carbocycles. The molecule has 4 rings (SSSR count). The first-order valence-electron chi connectivity index (χ1n) is 9.25. The van der Waals surface area contributed by atoms with E-state index in [1.807, 2.05) is 0 Å². The van der Waals surface area contributed by atoms with Crippen molar-refractivity contribution in [2.24, 2.45) is 0 Å². The Morgan fingerprint density at radius 3 is 2.37 bits per heavy atom. The Morgan fingerprint density at radius 2 is 1.81 bits per heavy atom. The summed E-state index contributed by atoms with van der Waals surface area (Å²) in [7, 11) is 1.75. The lowest BCUT2D eigenvalue weighted by Gasteiger charge is -2.43. The predicted octanol–water partition coefficient (Wildman–Crippen LogP) is 1.03. The average Bonchev–Trinajstić information content (AvgIpc) is 2.95. The number of benzene rings is 1. The number of cyclic esters (lactones) is 1. The maximum Gasteiger partial charge on any atom is 0.414 e. The SMILES string of the molecule is CNCC1CN(c2cc(F)c(N3CCN(C4COC4)CC3)c(F)c2)C(=O)O1. The van der Waals surface area contributed by atoms with Gasteiger partial charge in [0.2, 0.25) is 0 Å². The number of hydrogen-bond acceptors (Lipinski definition) is 6. The molecule has 0 saturated carbocycles. The van der Waals surface area contributed by atoms with E-state index in [9.17, 15) is 13.6 Å². The van der Waals surface area contributed by atoms with E-state index in [1.165, 1.54) is 17.0 Å². The van der Waals surface area contributed by atoms with E-state index >= 15 is 0 Å². The van der Waals surface area contributed by atoms with Crippen molar-refractivity contribution in [1.29, 1.82) is 0 Å². The largest absolute Gasteiger partial charge is 0.443 e. The fourth-order valence-corrected chi connectivity index (χ4v) is 3.82. The van der Waals surface area contributed by atoms with Crippen LogP contribution in [0.25, 0.3) is 0 Å². The highest BCUT2D eigenvalue weighted by molar-refractivity contribution is 5.90. The summed E-state index contributed by atoms with van der Waals surface area (Å²) in [5.41, 5.74) is 0.158. The van der Waals surface area contributed by atoms with Gasteiger partial charge in [0, 0.05) is 44.9 Å². The van der Waals surface area contributed by atoms with Gasteiger partial charge in [-0.1, -0.05) is 0 Å². The molecule has 0 spiro atoms. The van der Waals surface area contributed by atoms with Gasteiger partial charge in [-0.2, -0.15) is 0 Å². The number of halogens is 2. The topological polar surface area (TPSA) is 57.3 Å². The predicted molar refractivity (Wildman–Crippen MR) is 96.3 cm³/mol. The van der Waals surface area contributed by atoms with E-state index in [0.29, 0.717) is 25.7 Å². The third kappa shape index (κ3) is 3.59. The number of hydrogen-bond donors (Lipinski definition) is 1. The molecule has 3 heterocycles. The smallest absolute Gasteiger partial charge is 0.414 e. The van der Waals surface area contributed by atoms with Gasteiger partial charge in [0.1, 0.15) is 11.8 Å². The van der Waals surface area contributed by atoms with Crippen molar-refractivity contribution < 1.29 is 23.0 Å². The molecule has 1 amide bonds. The summed E-state index contributed by atoms with van der Waals surface area (Å²) in [4.78, 5) is 17.3. The highest BCUT2D eigenvalue weighted by Gasteiger charge is 2.34. The standard InChI is InChI=1S/C18H24F2N4O3/c1-21-8-14-9-24(18(25)27-14)12-6-15(19)17(16(20)7-12)23-4-2-22(3-5-23)13-10-26-11-13/h6-7,13-14,21H,2-5,8-11H2,1H3. The molecule has 0 radical (unpaired) electrons. The Balaban J connectivity index is 1.47. The maximum atomic E-state index is 14.7. The summed E-state index contributed by atoms with van der Waals surface area (Å²) < 4.78 is 39.9. The Hall–Kier alpha value is -1.97. The Morgan fingerprint density at radius 1 is 1.15 bits per heavy atom. The lowest BCUT2D eigenvalue weighted by Crippen LogP contribution is -2.56. The monoisotopic (exact) mass is 382 g/mol. The molecule has 3 saturated heterocycles. The van der Waals surface area contributed by atoms with Gasteiger partial charge in [0.15, 0.2) is 11.6 Å². The second kappa shape index (κ2) is 7.57. The van der Waals surface area contributed by atoms with E-state index < -0.39 is 17.7 Å². The molecule has 7 nitrogen and oxygen atoms in total. The van der Waals surface area contributed by atoms with E-state index in [4.69, 9.17) is 9.47 Å². The number of anilines is 2. The van der Waals surface area contributed by atoms with Crippen LogP contribution in [0.4, 0.5) is 25.0 Å². The molecule has 1 unspecified atom stereocenters. The van der Waals surface area contributed by atoms with Gasteiger partial charge in [0.05, 0.1) is 31.5 Å². The highest BCUT2D eigenvalue weighted by Crippen LogP contribution is 2.31. The minimum atomic E-state index is -0.657. The summed E-state index contributed by atoms with van der Waals surface area (Å²) in [6, 6.07) is 2.86. The number of likely N-dealkylation sites (N-methyl/N-ethyl adjacent to an activating group) is 1. The minimum absolute atomic E-state index is 0.0254. The number of amides is 1. The first-order chi connectivity index (χ1) is 13.1. The van der Waals surface area contributed by atoms with Crippen molar-refractivity contribution in [2.75, 3.05) is 69.3 Å². The summed E-state index contributed by atoms with van der Waals surface area (Å²) in [6.45, 7) is 4.83. The summed E-state index contributed by atoms with van der Waals surface area (Å²) in [5.74, 6) is -1.31. The number of nitrogens with one attached hydrogen (secondary N) is 1. The molecule has 9 heteroatoms. The molecule has 0 bridgehead atoms. The Kier molecular flexibility index (Phi) is 5.16. The lowest BCUT2D eigenvalue weighted by atomic mass is 10.1. The van der Waals surface area contributed by atoms with Crippen LogP contribution in [0.5, 0.6) is 0 Å². The van der Waals surface area contributed by atoms with Crippen molar-refractivity contribution in [3.8, 4) is 0 Å². The molecule has 1 N–H and O–H groups in total. The Bertz CT molecular complexity index is 685. The van der Waals surface area contributed by atoms with Crippen LogP contribution in [0.1, 0.15) is 0 Å². The van der Waals surface area contributed by atoms with Crippen LogP contribution in [-0.2, 0) is 9.47 Å². The van der Waals surface area contributed by atoms with Gasteiger partial charge in [-0.25, -0.2) is 13.6 Å². The third-order valence-corrected chi connectivity index (χ3v) is 5.39. The zero-order valence-corrected chi connectivity index (χ0v) is 15.3. The van der Waals surface area contributed by atoms with E-state index in [-0.39, 0.29) is 24.0 Å². The third-order valence-electron chi connectivity index (χ3n) is 5.39. The molecule has 1 aromatic carbocycles. The van der Waals surface area contributed by atoms with E-state index in [2.05, 4.69) is 10.2 Å². The number of nitrogens with zero attached hydrogens (tertiary/aromatic N) is 3. The van der Waals surface area contributed by atoms with Gasteiger partial charge < -0.3 is 19.7 Å². The van der Waals surface area contributed by atoms with Crippen LogP contribution >= 0.6 is 0 Å². The van der Waals surface area contributed by atoms with Gasteiger partial charge in [-0.05, 0) is 7.05 Å².